The molecule has 0 aliphatic carbocycles. The van der Waals surface area contributed by atoms with Crippen LogP contribution in [0.4, 0.5) is 4.39 Å². The van der Waals surface area contributed by atoms with Crippen molar-refractivity contribution in [3.8, 4) is 5.75 Å². The third kappa shape index (κ3) is 12.8. The second-order valence-corrected chi connectivity index (χ2v) is 5.16. The van der Waals surface area contributed by atoms with Crippen LogP contribution in [0.5, 0.6) is 5.75 Å². The third-order valence-electron chi connectivity index (χ3n) is 3.14. The molecule has 0 spiro atoms. The van der Waals surface area contributed by atoms with Crippen LogP contribution in [0.1, 0.15) is 25.3 Å². The van der Waals surface area contributed by atoms with E-state index in [1.165, 1.54) is 6.07 Å². The standard InChI is InChI=1S/C18H27FO5.CH4O/c1-2-4-16-5-6-18(17(19)15-16)24-14-13-23-12-11-22-10-9-21-8-3-7-20;1-2/h5-7,15H,2-4,8-14H2,1H3;2H,1H3. The van der Waals surface area contributed by atoms with Gasteiger partial charge in [-0.05, 0) is 24.1 Å². The molecule has 1 aromatic carbocycles. The fourth-order valence-corrected chi connectivity index (χ4v) is 1.99. The van der Waals surface area contributed by atoms with E-state index in [0.29, 0.717) is 52.7 Å². The van der Waals surface area contributed by atoms with Gasteiger partial charge in [-0.2, -0.15) is 0 Å². The number of hydrogen-bond donors (Lipinski definition) is 1. The highest BCUT2D eigenvalue weighted by Gasteiger charge is 2.04. The number of ether oxygens (including phenoxy) is 4. The van der Waals surface area contributed by atoms with Crippen LogP contribution >= 0.6 is 0 Å². The van der Waals surface area contributed by atoms with E-state index in [-0.39, 0.29) is 11.6 Å². The summed E-state index contributed by atoms with van der Waals surface area (Å²) in [6.45, 7) is 4.97. The molecular formula is C19H31FO6. The molecule has 1 N–H and O–H groups in total. The first kappa shape index (κ1) is 24.5. The minimum atomic E-state index is -0.334. The number of carbonyl (C=O) groups is 1. The van der Waals surface area contributed by atoms with Crippen LogP contribution in [0.15, 0.2) is 18.2 Å². The molecule has 0 heterocycles. The quantitative estimate of drug-likeness (QED) is 0.375. The lowest BCUT2D eigenvalue weighted by Gasteiger charge is -2.09. The summed E-state index contributed by atoms with van der Waals surface area (Å²) in [4.78, 5) is 10.1. The van der Waals surface area contributed by atoms with Crippen LogP contribution in [0.3, 0.4) is 0 Å². The molecule has 26 heavy (non-hydrogen) atoms. The highest BCUT2D eigenvalue weighted by molar-refractivity contribution is 5.49. The van der Waals surface area contributed by atoms with E-state index < -0.39 is 0 Å². The molecule has 6 nitrogen and oxygen atoms in total. The minimum Gasteiger partial charge on any atom is -0.488 e. The van der Waals surface area contributed by atoms with Gasteiger partial charge >= 0.3 is 0 Å². The number of aliphatic hydroxyl groups is 1. The molecular weight excluding hydrogens is 343 g/mol. The van der Waals surface area contributed by atoms with Gasteiger partial charge in [0, 0.05) is 13.5 Å². The number of halogens is 1. The fourth-order valence-electron chi connectivity index (χ4n) is 1.99. The molecule has 1 aromatic rings. The third-order valence-corrected chi connectivity index (χ3v) is 3.14. The van der Waals surface area contributed by atoms with E-state index >= 15 is 0 Å². The van der Waals surface area contributed by atoms with Gasteiger partial charge in [0.05, 0.1) is 39.6 Å². The summed E-state index contributed by atoms with van der Waals surface area (Å²) in [5, 5.41) is 7.00. The Morgan fingerprint density at radius 3 is 2.08 bits per heavy atom. The summed E-state index contributed by atoms with van der Waals surface area (Å²) in [5.41, 5.74) is 0.978. The first-order chi connectivity index (χ1) is 12.8. The predicted octanol–water partition coefficient (Wildman–Crippen LogP) is 2.40. The Morgan fingerprint density at radius 2 is 1.54 bits per heavy atom. The smallest absolute Gasteiger partial charge is 0.165 e. The van der Waals surface area contributed by atoms with Crippen molar-refractivity contribution in [2.45, 2.75) is 26.2 Å². The van der Waals surface area contributed by atoms with Crippen LogP contribution in [0.2, 0.25) is 0 Å². The summed E-state index contributed by atoms with van der Waals surface area (Å²) < 4.78 is 34.9. The van der Waals surface area contributed by atoms with E-state index in [9.17, 15) is 9.18 Å². The number of rotatable bonds is 15. The summed E-state index contributed by atoms with van der Waals surface area (Å²) in [6, 6.07) is 5.06. The molecule has 0 saturated carbocycles. The predicted molar refractivity (Wildman–Crippen MR) is 97.2 cm³/mol. The molecule has 0 saturated heterocycles. The molecule has 150 valence electrons. The monoisotopic (exact) mass is 374 g/mol. The maximum absolute atomic E-state index is 13.8. The number of aryl methyl sites for hydroxylation is 1. The Hall–Kier alpha value is -1.54. The first-order valence-electron chi connectivity index (χ1n) is 8.80. The molecule has 0 fully saturated rings. The topological polar surface area (TPSA) is 74.2 Å². The Bertz CT molecular complexity index is 456. The molecule has 0 unspecified atom stereocenters. The Morgan fingerprint density at radius 1 is 0.962 bits per heavy atom. The van der Waals surface area contributed by atoms with Gasteiger partial charge in [0.1, 0.15) is 12.9 Å². The van der Waals surface area contributed by atoms with Gasteiger partial charge in [0.2, 0.25) is 0 Å². The number of hydrogen-bond acceptors (Lipinski definition) is 6. The van der Waals surface area contributed by atoms with Crippen LogP contribution in [-0.4, -0.2) is 64.8 Å². The maximum atomic E-state index is 13.8. The lowest BCUT2D eigenvalue weighted by atomic mass is 10.1. The summed E-state index contributed by atoms with van der Waals surface area (Å²) >= 11 is 0. The van der Waals surface area contributed by atoms with Crippen molar-refractivity contribution in [2.24, 2.45) is 0 Å². The zero-order valence-corrected chi connectivity index (χ0v) is 15.7. The molecule has 0 atom stereocenters. The Kier molecular flexibility index (Phi) is 17.2. The molecule has 0 aliphatic rings. The zero-order valence-electron chi connectivity index (χ0n) is 15.7. The van der Waals surface area contributed by atoms with Crippen molar-refractivity contribution in [3.63, 3.8) is 0 Å². The fraction of sp³-hybridized carbons (Fsp3) is 0.632. The summed E-state index contributed by atoms with van der Waals surface area (Å²) in [5.74, 6) is -0.0824. The maximum Gasteiger partial charge on any atom is 0.165 e. The number of aliphatic hydroxyl groups excluding tert-OH is 1. The lowest BCUT2D eigenvalue weighted by Crippen LogP contribution is -2.13. The molecule has 7 heteroatoms. The van der Waals surface area contributed by atoms with Gasteiger partial charge in [0.25, 0.3) is 0 Å². The summed E-state index contributed by atoms with van der Waals surface area (Å²) in [7, 11) is 1.00. The lowest BCUT2D eigenvalue weighted by molar-refractivity contribution is -0.108. The number of benzene rings is 1. The van der Waals surface area contributed by atoms with Gasteiger partial charge in [0.15, 0.2) is 11.6 Å². The van der Waals surface area contributed by atoms with Crippen LogP contribution < -0.4 is 4.74 Å². The van der Waals surface area contributed by atoms with Crippen LogP contribution in [0.25, 0.3) is 0 Å². The number of aldehydes is 1. The van der Waals surface area contributed by atoms with Crippen LogP contribution in [-0.2, 0) is 25.4 Å². The van der Waals surface area contributed by atoms with Crippen molar-refractivity contribution in [2.75, 3.05) is 53.4 Å². The second-order valence-electron chi connectivity index (χ2n) is 5.16. The first-order valence-corrected chi connectivity index (χ1v) is 8.80. The van der Waals surface area contributed by atoms with E-state index in [1.807, 2.05) is 6.07 Å². The largest absolute Gasteiger partial charge is 0.488 e. The highest BCUT2D eigenvalue weighted by atomic mass is 19.1. The molecule has 1 rings (SSSR count). The molecule has 0 aromatic heterocycles. The van der Waals surface area contributed by atoms with Crippen molar-refractivity contribution in [1.29, 1.82) is 0 Å². The molecule has 0 aliphatic heterocycles. The van der Waals surface area contributed by atoms with Gasteiger partial charge in [-0.3, -0.25) is 0 Å². The minimum absolute atomic E-state index is 0.252. The van der Waals surface area contributed by atoms with Crippen molar-refractivity contribution in [1.82, 2.24) is 0 Å². The van der Waals surface area contributed by atoms with E-state index in [2.05, 4.69) is 6.92 Å². The highest BCUT2D eigenvalue weighted by Crippen LogP contribution is 2.19. The molecule has 0 bridgehead atoms. The van der Waals surface area contributed by atoms with Gasteiger partial charge in [-0.25, -0.2) is 4.39 Å². The summed E-state index contributed by atoms with van der Waals surface area (Å²) in [6.07, 6.45) is 3.08. The van der Waals surface area contributed by atoms with Gasteiger partial charge in [-0.15, -0.1) is 0 Å². The van der Waals surface area contributed by atoms with Crippen molar-refractivity contribution in [3.05, 3.63) is 29.6 Å². The van der Waals surface area contributed by atoms with Crippen LogP contribution in [0, 0.1) is 5.82 Å². The average Bonchev–Trinajstić information content (AvgIpc) is 2.66. The van der Waals surface area contributed by atoms with Gasteiger partial charge < -0.3 is 28.8 Å². The SMILES string of the molecule is CCCc1ccc(OCCOCCOCCOCCC=O)c(F)c1.CO. The van der Waals surface area contributed by atoms with E-state index in [1.54, 1.807) is 6.07 Å². The normalized spacial score (nSPS) is 10.2. The molecule has 0 radical (unpaired) electrons. The Balaban J connectivity index is 0.00000301. The zero-order chi connectivity index (χ0) is 19.5. The average molecular weight is 374 g/mol. The van der Waals surface area contributed by atoms with Gasteiger partial charge in [-0.1, -0.05) is 19.4 Å². The van der Waals surface area contributed by atoms with Crippen molar-refractivity contribution < 1.29 is 33.2 Å². The van der Waals surface area contributed by atoms with E-state index in [4.69, 9.17) is 24.1 Å². The van der Waals surface area contributed by atoms with Crippen molar-refractivity contribution >= 4 is 6.29 Å². The van der Waals surface area contributed by atoms with E-state index in [0.717, 1.165) is 31.8 Å². The Labute approximate surface area is 155 Å². The number of carbonyl (C=O) groups excluding carboxylic acids is 1. The second kappa shape index (κ2) is 18.3. The molecule has 0 amide bonds.